The van der Waals surface area contributed by atoms with Crippen LogP contribution < -0.4 is 10.1 Å². The molecule has 0 radical (unpaired) electrons. The minimum atomic E-state index is -0.0754. The molecule has 0 saturated carbocycles. The van der Waals surface area contributed by atoms with Gasteiger partial charge in [0.05, 0.1) is 12.1 Å². The quantitative estimate of drug-likeness (QED) is 0.877. The highest BCUT2D eigenvalue weighted by Gasteiger charge is 2.13. The van der Waals surface area contributed by atoms with Gasteiger partial charge in [-0.1, -0.05) is 23.8 Å². The van der Waals surface area contributed by atoms with Gasteiger partial charge in [-0.2, -0.15) is 0 Å². The zero-order chi connectivity index (χ0) is 17.0. The highest BCUT2D eigenvalue weighted by Crippen LogP contribution is 2.20. The van der Waals surface area contributed by atoms with Crippen LogP contribution in [-0.4, -0.2) is 12.0 Å². The van der Waals surface area contributed by atoms with E-state index in [-0.39, 0.29) is 18.1 Å². The van der Waals surface area contributed by atoms with Gasteiger partial charge in [0.2, 0.25) is 0 Å². The van der Waals surface area contributed by atoms with Crippen molar-refractivity contribution in [1.29, 1.82) is 0 Å². The zero-order valence-electron chi connectivity index (χ0n) is 14.5. The standard InChI is InChI=1S/C20H25NO2/c1-13(2)23-18-9-7-17(8-10-18)20(22)21-16(5)19-11-6-14(3)12-15(19)4/h6-13,16H,1-5H3,(H,21,22). The number of hydrogen-bond acceptors (Lipinski definition) is 2. The number of benzene rings is 2. The molecule has 3 heteroatoms. The van der Waals surface area contributed by atoms with Crippen LogP contribution in [0.3, 0.4) is 0 Å². The van der Waals surface area contributed by atoms with Crippen LogP contribution in [-0.2, 0) is 0 Å². The molecule has 0 aliphatic rings. The molecule has 122 valence electrons. The van der Waals surface area contributed by atoms with Gasteiger partial charge < -0.3 is 10.1 Å². The average molecular weight is 311 g/mol. The van der Waals surface area contributed by atoms with Gasteiger partial charge in [-0.15, -0.1) is 0 Å². The second kappa shape index (κ2) is 7.32. The van der Waals surface area contributed by atoms with E-state index in [9.17, 15) is 4.79 Å². The number of amides is 1. The van der Waals surface area contributed by atoms with Gasteiger partial charge in [0, 0.05) is 5.56 Å². The normalized spacial score (nSPS) is 12.1. The van der Waals surface area contributed by atoms with Crippen LogP contribution in [0.2, 0.25) is 0 Å². The van der Waals surface area contributed by atoms with E-state index in [1.807, 2.05) is 32.9 Å². The highest BCUT2D eigenvalue weighted by atomic mass is 16.5. The minimum Gasteiger partial charge on any atom is -0.491 e. The minimum absolute atomic E-state index is 0.0327. The lowest BCUT2D eigenvalue weighted by Crippen LogP contribution is -2.27. The van der Waals surface area contributed by atoms with Crippen LogP contribution in [0.4, 0.5) is 0 Å². The van der Waals surface area contributed by atoms with Crippen molar-refractivity contribution in [3.8, 4) is 5.75 Å². The fraction of sp³-hybridized carbons (Fsp3) is 0.350. The van der Waals surface area contributed by atoms with E-state index in [0.29, 0.717) is 5.56 Å². The number of carbonyl (C=O) groups is 1. The maximum atomic E-state index is 12.4. The summed E-state index contributed by atoms with van der Waals surface area (Å²) in [5, 5.41) is 3.05. The fourth-order valence-corrected chi connectivity index (χ4v) is 2.63. The molecule has 1 amide bonds. The van der Waals surface area contributed by atoms with Crippen molar-refractivity contribution < 1.29 is 9.53 Å². The Morgan fingerprint density at radius 3 is 2.22 bits per heavy atom. The molecule has 1 unspecified atom stereocenters. The van der Waals surface area contributed by atoms with Crippen LogP contribution in [0, 0.1) is 13.8 Å². The summed E-state index contributed by atoms with van der Waals surface area (Å²) in [6, 6.07) is 13.5. The molecule has 0 aliphatic heterocycles. The molecule has 0 saturated heterocycles. The van der Waals surface area contributed by atoms with Gasteiger partial charge in [0.1, 0.15) is 5.75 Å². The zero-order valence-corrected chi connectivity index (χ0v) is 14.5. The lowest BCUT2D eigenvalue weighted by Gasteiger charge is -2.17. The summed E-state index contributed by atoms with van der Waals surface area (Å²) in [6.07, 6.45) is 0.124. The van der Waals surface area contributed by atoms with Crippen molar-refractivity contribution in [2.45, 2.75) is 46.8 Å². The van der Waals surface area contributed by atoms with Gasteiger partial charge in [-0.05, 0) is 70.0 Å². The van der Waals surface area contributed by atoms with Crippen molar-refractivity contribution in [3.63, 3.8) is 0 Å². The molecule has 2 rings (SSSR count). The van der Waals surface area contributed by atoms with Crippen molar-refractivity contribution in [1.82, 2.24) is 5.32 Å². The van der Waals surface area contributed by atoms with E-state index in [1.165, 1.54) is 11.1 Å². The number of rotatable bonds is 5. The molecule has 1 atom stereocenters. The van der Waals surface area contributed by atoms with Gasteiger partial charge in [-0.3, -0.25) is 4.79 Å². The number of hydrogen-bond donors (Lipinski definition) is 1. The summed E-state index contributed by atoms with van der Waals surface area (Å²) >= 11 is 0. The van der Waals surface area contributed by atoms with Crippen molar-refractivity contribution >= 4 is 5.91 Å². The first-order valence-electron chi connectivity index (χ1n) is 8.01. The molecule has 2 aromatic rings. The molecular weight excluding hydrogens is 286 g/mol. The van der Waals surface area contributed by atoms with Crippen molar-refractivity contribution in [2.24, 2.45) is 0 Å². The lowest BCUT2D eigenvalue weighted by molar-refractivity contribution is 0.0940. The first-order valence-corrected chi connectivity index (χ1v) is 8.01. The Bertz CT molecular complexity index is 675. The van der Waals surface area contributed by atoms with Gasteiger partial charge >= 0.3 is 0 Å². The SMILES string of the molecule is Cc1ccc(C(C)NC(=O)c2ccc(OC(C)C)cc2)c(C)c1. The Kier molecular flexibility index (Phi) is 5.43. The van der Waals surface area contributed by atoms with E-state index in [2.05, 4.69) is 37.4 Å². The summed E-state index contributed by atoms with van der Waals surface area (Å²) < 4.78 is 5.59. The lowest BCUT2D eigenvalue weighted by atomic mass is 10.00. The number of aryl methyl sites for hydroxylation is 2. The van der Waals surface area contributed by atoms with Gasteiger partial charge in [0.25, 0.3) is 5.91 Å². The monoisotopic (exact) mass is 311 g/mol. The van der Waals surface area contributed by atoms with Crippen LogP contribution in [0.1, 0.15) is 53.9 Å². The molecule has 0 aliphatic carbocycles. The molecule has 0 fully saturated rings. The van der Waals surface area contributed by atoms with Gasteiger partial charge in [-0.25, -0.2) is 0 Å². The highest BCUT2D eigenvalue weighted by molar-refractivity contribution is 5.94. The van der Waals surface area contributed by atoms with Crippen LogP contribution in [0.25, 0.3) is 0 Å². The van der Waals surface area contributed by atoms with E-state index >= 15 is 0 Å². The molecule has 0 aromatic heterocycles. The average Bonchev–Trinajstić information content (AvgIpc) is 2.47. The van der Waals surface area contributed by atoms with Crippen molar-refractivity contribution in [2.75, 3.05) is 0 Å². The Hall–Kier alpha value is -2.29. The molecule has 0 bridgehead atoms. The third-order valence-corrected chi connectivity index (χ3v) is 3.73. The molecule has 0 heterocycles. The maximum absolute atomic E-state index is 12.4. The van der Waals surface area contributed by atoms with Crippen LogP contribution >= 0.6 is 0 Å². The third-order valence-electron chi connectivity index (χ3n) is 3.73. The molecule has 3 nitrogen and oxygen atoms in total. The molecule has 23 heavy (non-hydrogen) atoms. The first kappa shape index (κ1) is 17.1. The van der Waals surface area contributed by atoms with Crippen LogP contribution in [0.5, 0.6) is 5.75 Å². The van der Waals surface area contributed by atoms with E-state index in [4.69, 9.17) is 4.74 Å². The molecular formula is C20H25NO2. The largest absolute Gasteiger partial charge is 0.491 e. The Morgan fingerprint density at radius 2 is 1.65 bits per heavy atom. The smallest absolute Gasteiger partial charge is 0.251 e. The number of carbonyl (C=O) groups excluding carboxylic acids is 1. The Labute approximate surface area is 138 Å². The van der Waals surface area contributed by atoms with Crippen LogP contribution in [0.15, 0.2) is 42.5 Å². The second-order valence-corrected chi connectivity index (χ2v) is 6.25. The first-order chi connectivity index (χ1) is 10.9. The summed E-state index contributed by atoms with van der Waals surface area (Å²) in [4.78, 5) is 12.4. The van der Waals surface area contributed by atoms with Crippen molar-refractivity contribution in [3.05, 3.63) is 64.7 Å². The predicted molar refractivity (Wildman–Crippen MR) is 94.0 cm³/mol. The summed E-state index contributed by atoms with van der Waals surface area (Å²) in [6.45, 7) is 10.1. The van der Waals surface area contributed by atoms with Gasteiger partial charge in [0.15, 0.2) is 0 Å². The fourth-order valence-electron chi connectivity index (χ4n) is 2.63. The Balaban J connectivity index is 2.06. The second-order valence-electron chi connectivity index (χ2n) is 6.25. The summed E-state index contributed by atoms with van der Waals surface area (Å²) in [5.74, 6) is 0.701. The van der Waals surface area contributed by atoms with E-state index in [0.717, 1.165) is 11.3 Å². The molecule has 1 N–H and O–H groups in total. The Morgan fingerprint density at radius 1 is 1.00 bits per heavy atom. The third kappa shape index (κ3) is 4.59. The van der Waals surface area contributed by atoms with E-state index in [1.54, 1.807) is 12.1 Å². The van der Waals surface area contributed by atoms with E-state index < -0.39 is 0 Å². The number of ether oxygens (including phenoxy) is 1. The number of nitrogens with one attached hydrogen (secondary N) is 1. The topological polar surface area (TPSA) is 38.3 Å². The predicted octanol–water partition coefficient (Wildman–Crippen LogP) is 4.58. The summed E-state index contributed by atoms with van der Waals surface area (Å²) in [5.41, 5.74) is 4.20. The molecule has 0 spiro atoms. The maximum Gasteiger partial charge on any atom is 0.251 e. The molecule has 2 aromatic carbocycles. The summed E-state index contributed by atoms with van der Waals surface area (Å²) in [7, 11) is 0.